The van der Waals surface area contributed by atoms with Crippen LogP contribution in [0.25, 0.3) is 0 Å². The third-order valence-electron chi connectivity index (χ3n) is 2.60. The van der Waals surface area contributed by atoms with E-state index >= 15 is 0 Å². The van der Waals surface area contributed by atoms with Gasteiger partial charge in [0.05, 0.1) is 6.04 Å². The molecule has 2 rings (SSSR count). The number of aromatic nitrogens is 1. The van der Waals surface area contributed by atoms with Gasteiger partial charge in [-0.1, -0.05) is 23.7 Å². The molecule has 0 saturated carbocycles. The lowest BCUT2D eigenvalue weighted by Crippen LogP contribution is -2.26. The predicted molar refractivity (Wildman–Crippen MR) is 63.6 cm³/mol. The molecule has 0 N–H and O–H groups in total. The molecule has 0 bridgehead atoms. The highest BCUT2D eigenvalue weighted by atomic mass is 35.5. The van der Waals surface area contributed by atoms with Crippen LogP contribution in [0.4, 0.5) is 0 Å². The summed E-state index contributed by atoms with van der Waals surface area (Å²) < 4.78 is 1.85. The Bertz CT molecular complexity index is 491. The highest BCUT2D eigenvalue weighted by Crippen LogP contribution is 2.23. The van der Waals surface area contributed by atoms with E-state index in [9.17, 15) is 9.90 Å². The molecule has 1 heterocycles. The summed E-state index contributed by atoms with van der Waals surface area (Å²) in [7, 11) is 0. The predicted octanol–water partition coefficient (Wildman–Crippen LogP) is 1.87. The minimum absolute atomic E-state index is 0.0592. The topological polar surface area (TPSA) is 45.1 Å². The van der Waals surface area contributed by atoms with Crippen LogP contribution >= 0.6 is 11.6 Å². The van der Waals surface area contributed by atoms with E-state index in [0.29, 0.717) is 5.02 Å². The summed E-state index contributed by atoms with van der Waals surface area (Å²) in [4.78, 5) is 10.8. The first-order chi connectivity index (χ1) is 8.16. The van der Waals surface area contributed by atoms with E-state index in [1.165, 1.54) is 0 Å². The number of carboxylic acids is 1. The zero-order valence-corrected chi connectivity index (χ0v) is 9.80. The van der Waals surface area contributed by atoms with Crippen molar-refractivity contribution in [3.05, 3.63) is 59.4 Å². The molecule has 1 atom stereocenters. The van der Waals surface area contributed by atoms with Crippen LogP contribution in [0.5, 0.6) is 0 Å². The molecule has 2 aromatic rings. The number of nitrogens with zero attached hydrogens (tertiary/aromatic N) is 1. The maximum Gasteiger partial charge on any atom is 0.0632 e. The van der Waals surface area contributed by atoms with Crippen LogP contribution in [0.1, 0.15) is 18.0 Å². The van der Waals surface area contributed by atoms with Crippen LogP contribution in [-0.2, 0) is 4.79 Å². The summed E-state index contributed by atoms with van der Waals surface area (Å²) >= 11 is 5.81. The van der Waals surface area contributed by atoms with Crippen LogP contribution in [0.2, 0.25) is 5.02 Å². The smallest absolute Gasteiger partial charge is 0.0632 e. The molecule has 1 aromatic carbocycles. The van der Waals surface area contributed by atoms with Gasteiger partial charge in [0.1, 0.15) is 0 Å². The number of carboxylic acid groups (broad SMARTS) is 1. The first-order valence-electron chi connectivity index (χ1n) is 5.24. The van der Waals surface area contributed by atoms with Crippen LogP contribution in [-0.4, -0.2) is 10.5 Å². The van der Waals surface area contributed by atoms with Crippen molar-refractivity contribution in [2.45, 2.75) is 12.5 Å². The molecule has 0 aliphatic rings. The van der Waals surface area contributed by atoms with E-state index in [4.69, 9.17) is 11.6 Å². The lowest BCUT2D eigenvalue weighted by atomic mass is 10.0. The Morgan fingerprint density at radius 2 is 1.82 bits per heavy atom. The van der Waals surface area contributed by atoms with Gasteiger partial charge in [-0.05, 0) is 29.8 Å². The molecule has 0 aliphatic carbocycles. The van der Waals surface area contributed by atoms with Crippen LogP contribution in [0, 0.1) is 0 Å². The van der Waals surface area contributed by atoms with E-state index in [1.807, 2.05) is 41.2 Å². The van der Waals surface area contributed by atoms with Gasteiger partial charge in [-0.2, -0.15) is 0 Å². The van der Waals surface area contributed by atoms with Gasteiger partial charge < -0.3 is 14.5 Å². The van der Waals surface area contributed by atoms with Crippen LogP contribution in [0.15, 0.2) is 48.8 Å². The summed E-state index contributed by atoms with van der Waals surface area (Å²) in [5.74, 6) is -1.07. The van der Waals surface area contributed by atoms with Crippen molar-refractivity contribution in [1.29, 1.82) is 0 Å². The molecule has 0 aliphatic heterocycles. The number of rotatable bonds is 4. The van der Waals surface area contributed by atoms with Gasteiger partial charge in [0.2, 0.25) is 0 Å². The van der Waals surface area contributed by atoms with Gasteiger partial charge in [-0.3, -0.25) is 0 Å². The molecule has 0 radical (unpaired) electrons. The summed E-state index contributed by atoms with van der Waals surface area (Å²) in [6.07, 6.45) is 3.61. The first kappa shape index (κ1) is 11.7. The maximum absolute atomic E-state index is 10.8. The Hall–Kier alpha value is -1.74. The summed E-state index contributed by atoms with van der Waals surface area (Å²) in [5.41, 5.74) is 0.898. The lowest BCUT2D eigenvalue weighted by molar-refractivity contribution is -0.306. The normalized spacial score (nSPS) is 12.3. The Morgan fingerprint density at radius 3 is 2.35 bits per heavy atom. The van der Waals surface area contributed by atoms with Crippen molar-refractivity contribution >= 4 is 17.6 Å². The van der Waals surface area contributed by atoms with Gasteiger partial charge in [-0.15, -0.1) is 0 Å². The maximum atomic E-state index is 10.8. The second kappa shape index (κ2) is 5.06. The molecule has 1 aromatic heterocycles. The molecular formula is C13H11ClNO2-. The third kappa shape index (κ3) is 2.88. The summed E-state index contributed by atoms with van der Waals surface area (Å²) in [6, 6.07) is 10.6. The second-order valence-corrected chi connectivity index (χ2v) is 4.21. The highest BCUT2D eigenvalue weighted by molar-refractivity contribution is 6.30. The van der Waals surface area contributed by atoms with E-state index in [1.54, 1.807) is 12.1 Å². The molecule has 4 heteroatoms. The fraction of sp³-hybridized carbons (Fsp3) is 0.154. The van der Waals surface area contributed by atoms with E-state index in [2.05, 4.69) is 0 Å². The van der Waals surface area contributed by atoms with Crippen molar-refractivity contribution in [1.82, 2.24) is 4.57 Å². The number of carbonyl (C=O) groups is 1. The molecule has 88 valence electrons. The van der Waals surface area contributed by atoms with Gasteiger partial charge in [-0.25, -0.2) is 0 Å². The SMILES string of the molecule is O=C([O-])C[C@@H](c1ccc(Cl)cc1)n1cccc1. The van der Waals surface area contributed by atoms with Crippen molar-refractivity contribution in [2.75, 3.05) is 0 Å². The van der Waals surface area contributed by atoms with E-state index < -0.39 is 5.97 Å². The van der Waals surface area contributed by atoms with Gasteiger partial charge in [0.15, 0.2) is 0 Å². The molecule has 0 saturated heterocycles. The Morgan fingerprint density at radius 1 is 1.24 bits per heavy atom. The molecule has 3 nitrogen and oxygen atoms in total. The van der Waals surface area contributed by atoms with Gasteiger partial charge in [0.25, 0.3) is 0 Å². The number of aliphatic carboxylic acids is 1. The number of carbonyl (C=O) groups excluding carboxylic acids is 1. The minimum atomic E-state index is -1.07. The molecule has 17 heavy (non-hydrogen) atoms. The fourth-order valence-electron chi connectivity index (χ4n) is 1.79. The number of benzene rings is 1. The average Bonchev–Trinajstić information content (AvgIpc) is 2.80. The van der Waals surface area contributed by atoms with Crippen molar-refractivity contribution in [3.8, 4) is 0 Å². The van der Waals surface area contributed by atoms with E-state index in [-0.39, 0.29) is 12.5 Å². The van der Waals surface area contributed by atoms with Crippen molar-refractivity contribution < 1.29 is 9.90 Å². The Balaban J connectivity index is 2.33. The summed E-state index contributed by atoms with van der Waals surface area (Å²) in [5, 5.41) is 11.4. The van der Waals surface area contributed by atoms with Gasteiger partial charge >= 0.3 is 0 Å². The number of hydrogen-bond acceptors (Lipinski definition) is 2. The molecule has 0 unspecified atom stereocenters. The Labute approximate surface area is 104 Å². The summed E-state index contributed by atoms with van der Waals surface area (Å²) in [6.45, 7) is 0. The first-order valence-corrected chi connectivity index (χ1v) is 5.62. The second-order valence-electron chi connectivity index (χ2n) is 3.77. The van der Waals surface area contributed by atoms with Crippen molar-refractivity contribution in [3.63, 3.8) is 0 Å². The minimum Gasteiger partial charge on any atom is -0.550 e. The zero-order valence-electron chi connectivity index (χ0n) is 9.04. The van der Waals surface area contributed by atoms with Gasteiger partial charge in [0, 0.05) is 29.8 Å². The molecule has 0 spiro atoms. The molecule has 0 fully saturated rings. The van der Waals surface area contributed by atoms with E-state index in [0.717, 1.165) is 5.56 Å². The largest absolute Gasteiger partial charge is 0.550 e. The average molecular weight is 249 g/mol. The zero-order chi connectivity index (χ0) is 12.3. The fourth-order valence-corrected chi connectivity index (χ4v) is 1.92. The number of hydrogen-bond donors (Lipinski definition) is 0. The molecule has 0 amide bonds. The van der Waals surface area contributed by atoms with Crippen LogP contribution in [0.3, 0.4) is 0 Å². The standard InChI is InChI=1S/C13H12ClNO2/c14-11-5-3-10(4-6-11)12(9-13(16)17)15-7-1-2-8-15/h1-8,12H,9H2,(H,16,17)/p-1/t12-/m0/s1. The lowest BCUT2D eigenvalue weighted by Gasteiger charge is -2.20. The number of halogens is 1. The monoisotopic (exact) mass is 248 g/mol. The highest BCUT2D eigenvalue weighted by Gasteiger charge is 2.12. The quantitative estimate of drug-likeness (QED) is 0.829. The third-order valence-corrected chi connectivity index (χ3v) is 2.85. The Kier molecular flexibility index (Phi) is 3.49. The molecular weight excluding hydrogens is 238 g/mol. The van der Waals surface area contributed by atoms with Crippen LogP contribution < -0.4 is 5.11 Å². The van der Waals surface area contributed by atoms with Crippen molar-refractivity contribution in [2.24, 2.45) is 0 Å².